The van der Waals surface area contributed by atoms with Gasteiger partial charge in [0.05, 0.1) is 17.6 Å². The number of rotatable bonds is 4. The van der Waals surface area contributed by atoms with Gasteiger partial charge in [0.1, 0.15) is 17.2 Å². The van der Waals surface area contributed by atoms with Crippen molar-refractivity contribution in [3.05, 3.63) is 65.9 Å². The molecule has 3 amide bonds. The summed E-state index contributed by atoms with van der Waals surface area (Å²) in [4.78, 5) is 30.0. The van der Waals surface area contributed by atoms with E-state index in [1.165, 1.54) is 18.5 Å². The average molecular weight is 407 g/mol. The van der Waals surface area contributed by atoms with E-state index in [-0.39, 0.29) is 11.4 Å². The second-order valence-corrected chi connectivity index (χ2v) is 5.84. The van der Waals surface area contributed by atoms with Crippen LogP contribution in [0.4, 0.5) is 33.7 Å². The summed E-state index contributed by atoms with van der Waals surface area (Å²) in [6, 6.07) is 6.79. The van der Waals surface area contributed by atoms with Gasteiger partial charge in [-0.2, -0.15) is 13.2 Å². The Balaban J connectivity index is 1.72. The minimum absolute atomic E-state index is 0.114. The Morgan fingerprint density at radius 1 is 1.03 bits per heavy atom. The molecule has 11 heteroatoms. The quantitative estimate of drug-likeness (QED) is 0.491. The van der Waals surface area contributed by atoms with Gasteiger partial charge in [0.2, 0.25) is 0 Å². The molecule has 29 heavy (non-hydrogen) atoms. The molecule has 2 aromatic carbocycles. The second kappa shape index (κ2) is 7.62. The third-order valence-electron chi connectivity index (χ3n) is 3.84. The van der Waals surface area contributed by atoms with E-state index in [2.05, 4.69) is 15.3 Å². The van der Waals surface area contributed by atoms with Crippen LogP contribution >= 0.6 is 0 Å². The molecule has 0 aliphatic rings. The van der Waals surface area contributed by atoms with Gasteiger partial charge in [0.15, 0.2) is 0 Å². The number of hydrogen-bond acceptors (Lipinski definition) is 3. The van der Waals surface area contributed by atoms with Gasteiger partial charge in [0, 0.05) is 11.3 Å². The van der Waals surface area contributed by atoms with Crippen LogP contribution in [-0.2, 0) is 6.18 Å². The summed E-state index contributed by atoms with van der Waals surface area (Å²) in [5, 5.41) is 4.40. The Hall–Kier alpha value is -3.89. The summed E-state index contributed by atoms with van der Waals surface area (Å²) in [7, 11) is 0. The Morgan fingerprint density at radius 2 is 1.72 bits per heavy atom. The first-order chi connectivity index (χ1) is 13.6. The number of H-pyrrole nitrogens is 1. The van der Waals surface area contributed by atoms with Crippen molar-refractivity contribution < 1.29 is 27.2 Å². The molecular weight excluding hydrogens is 394 g/mol. The van der Waals surface area contributed by atoms with Crippen molar-refractivity contribution in [1.29, 1.82) is 0 Å². The Kier molecular flexibility index (Phi) is 5.22. The lowest BCUT2D eigenvalue weighted by atomic mass is 10.1. The number of nitrogens with zero attached hydrogens (tertiary/aromatic N) is 1. The predicted molar refractivity (Wildman–Crippen MR) is 96.6 cm³/mol. The predicted octanol–water partition coefficient (Wildman–Crippen LogP) is 3.98. The molecule has 0 bridgehead atoms. The molecule has 7 nitrogen and oxygen atoms in total. The zero-order chi connectivity index (χ0) is 21.2. The fraction of sp³-hybridized carbons (Fsp3) is 0.0556. The number of imidazole rings is 1. The van der Waals surface area contributed by atoms with Crippen LogP contribution in [-0.4, -0.2) is 21.9 Å². The Bertz CT molecular complexity index is 1060. The number of carbonyl (C=O) groups excluding carboxylic acids is 2. The van der Waals surface area contributed by atoms with Crippen molar-refractivity contribution in [3.8, 4) is 11.3 Å². The minimum atomic E-state index is -4.67. The standard InChI is InChI=1S/C18H13F4N5O2/c19-12-6-3-10(18(20,21)22)7-13(12)27-17(29)26-11-4-1-9(2-5-11)14-15(16(23)28)25-8-24-14/h1-8H,(H2,23,28)(H,24,25)(H2,26,27,29). The maximum atomic E-state index is 13.7. The monoisotopic (exact) mass is 407 g/mol. The van der Waals surface area contributed by atoms with Crippen LogP contribution in [0.5, 0.6) is 0 Å². The number of hydrogen-bond donors (Lipinski definition) is 4. The van der Waals surface area contributed by atoms with Gasteiger partial charge < -0.3 is 21.4 Å². The molecule has 0 aliphatic heterocycles. The van der Waals surface area contributed by atoms with Gasteiger partial charge >= 0.3 is 12.2 Å². The van der Waals surface area contributed by atoms with Gasteiger partial charge in [-0.15, -0.1) is 0 Å². The van der Waals surface area contributed by atoms with E-state index in [0.29, 0.717) is 29.5 Å². The number of primary amides is 1. The lowest BCUT2D eigenvalue weighted by Crippen LogP contribution is -2.20. The van der Waals surface area contributed by atoms with Crippen molar-refractivity contribution in [2.75, 3.05) is 10.6 Å². The highest BCUT2D eigenvalue weighted by Gasteiger charge is 2.31. The van der Waals surface area contributed by atoms with Gasteiger partial charge in [0.25, 0.3) is 5.91 Å². The highest BCUT2D eigenvalue weighted by molar-refractivity contribution is 6.00. The summed E-state index contributed by atoms with van der Waals surface area (Å²) < 4.78 is 51.9. The number of nitrogens with one attached hydrogen (secondary N) is 3. The number of carbonyl (C=O) groups is 2. The first kappa shape index (κ1) is 19.9. The fourth-order valence-corrected chi connectivity index (χ4v) is 2.49. The highest BCUT2D eigenvalue weighted by atomic mass is 19.4. The molecule has 0 radical (unpaired) electrons. The molecule has 0 atom stereocenters. The molecule has 3 rings (SSSR count). The van der Waals surface area contributed by atoms with Crippen molar-refractivity contribution in [1.82, 2.24) is 9.97 Å². The van der Waals surface area contributed by atoms with Crippen LogP contribution in [0.3, 0.4) is 0 Å². The molecule has 0 unspecified atom stereocenters. The normalized spacial score (nSPS) is 11.2. The molecule has 0 saturated heterocycles. The molecule has 0 spiro atoms. The number of aromatic amines is 1. The van der Waals surface area contributed by atoms with Gasteiger partial charge in [-0.25, -0.2) is 14.2 Å². The topological polar surface area (TPSA) is 113 Å². The van der Waals surface area contributed by atoms with Crippen LogP contribution in [0.15, 0.2) is 48.8 Å². The van der Waals surface area contributed by atoms with E-state index >= 15 is 0 Å². The van der Waals surface area contributed by atoms with E-state index < -0.39 is 35.2 Å². The van der Waals surface area contributed by atoms with Crippen LogP contribution in [0.2, 0.25) is 0 Å². The Morgan fingerprint density at radius 3 is 2.34 bits per heavy atom. The third kappa shape index (κ3) is 4.51. The van der Waals surface area contributed by atoms with E-state index in [9.17, 15) is 27.2 Å². The Labute approximate surface area is 160 Å². The second-order valence-electron chi connectivity index (χ2n) is 5.84. The molecule has 0 fully saturated rings. The van der Waals surface area contributed by atoms with Crippen LogP contribution < -0.4 is 16.4 Å². The molecule has 5 N–H and O–H groups in total. The van der Waals surface area contributed by atoms with Crippen LogP contribution in [0.25, 0.3) is 11.3 Å². The fourth-order valence-electron chi connectivity index (χ4n) is 2.49. The van der Waals surface area contributed by atoms with Crippen molar-refractivity contribution in [2.45, 2.75) is 6.18 Å². The third-order valence-corrected chi connectivity index (χ3v) is 3.84. The SMILES string of the molecule is NC(=O)c1[nH]cnc1-c1ccc(NC(=O)Nc2cc(C(F)(F)F)ccc2F)cc1. The summed E-state index contributed by atoms with van der Waals surface area (Å²) in [5.74, 6) is -1.71. The molecule has 0 aliphatic carbocycles. The highest BCUT2D eigenvalue weighted by Crippen LogP contribution is 2.32. The van der Waals surface area contributed by atoms with E-state index in [1.807, 2.05) is 5.32 Å². The number of benzene rings is 2. The summed E-state index contributed by atoms with van der Waals surface area (Å²) in [6.07, 6.45) is -3.37. The maximum Gasteiger partial charge on any atom is 0.416 e. The zero-order valence-corrected chi connectivity index (χ0v) is 14.5. The van der Waals surface area contributed by atoms with Crippen LogP contribution in [0, 0.1) is 5.82 Å². The number of nitrogens with two attached hydrogens (primary N) is 1. The molecule has 150 valence electrons. The largest absolute Gasteiger partial charge is 0.416 e. The van der Waals surface area contributed by atoms with Crippen molar-refractivity contribution in [2.24, 2.45) is 5.73 Å². The smallest absolute Gasteiger partial charge is 0.364 e. The van der Waals surface area contributed by atoms with Gasteiger partial charge in [-0.3, -0.25) is 4.79 Å². The molecule has 3 aromatic rings. The number of urea groups is 1. The summed E-state index contributed by atoms with van der Waals surface area (Å²) in [5.41, 5.74) is 4.77. The average Bonchev–Trinajstić information content (AvgIpc) is 3.13. The van der Waals surface area contributed by atoms with Crippen molar-refractivity contribution in [3.63, 3.8) is 0 Å². The lowest BCUT2D eigenvalue weighted by Gasteiger charge is -2.12. The van der Waals surface area contributed by atoms with Gasteiger partial charge in [-0.1, -0.05) is 12.1 Å². The van der Waals surface area contributed by atoms with E-state index in [0.717, 1.165) is 0 Å². The van der Waals surface area contributed by atoms with Gasteiger partial charge in [-0.05, 0) is 30.3 Å². The summed E-state index contributed by atoms with van der Waals surface area (Å²) in [6.45, 7) is 0. The number of alkyl halides is 3. The number of halogens is 4. The number of anilines is 2. The van der Waals surface area contributed by atoms with Crippen LogP contribution in [0.1, 0.15) is 16.1 Å². The first-order valence-electron chi connectivity index (χ1n) is 8.03. The molecular formula is C18H13F4N5O2. The van der Waals surface area contributed by atoms with E-state index in [1.54, 1.807) is 12.1 Å². The zero-order valence-electron chi connectivity index (χ0n) is 14.5. The summed E-state index contributed by atoms with van der Waals surface area (Å²) >= 11 is 0. The maximum absolute atomic E-state index is 13.7. The van der Waals surface area contributed by atoms with Crippen molar-refractivity contribution >= 4 is 23.3 Å². The molecule has 1 heterocycles. The molecule has 0 saturated carbocycles. The lowest BCUT2D eigenvalue weighted by molar-refractivity contribution is -0.137. The number of amides is 3. The minimum Gasteiger partial charge on any atom is -0.364 e. The molecule has 1 aromatic heterocycles. The van der Waals surface area contributed by atoms with E-state index in [4.69, 9.17) is 5.73 Å². The number of aromatic nitrogens is 2. The first-order valence-corrected chi connectivity index (χ1v) is 8.03.